The van der Waals surface area contributed by atoms with E-state index >= 15 is 0 Å². The number of nitrogens with one attached hydrogen (secondary N) is 2. The summed E-state index contributed by atoms with van der Waals surface area (Å²) in [7, 11) is 3.78. The molecule has 0 aliphatic carbocycles. The molecule has 0 saturated heterocycles. The van der Waals surface area contributed by atoms with Gasteiger partial charge in [0.15, 0.2) is 5.13 Å². The number of aliphatic hydroxyl groups is 1. The summed E-state index contributed by atoms with van der Waals surface area (Å²) in [6.45, 7) is 0.756. The number of hydrogen-bond acceptors (Lipinski definition) is 6. The lowest BCUT2D eigenvalue weighted by Gasteiger charge is -2.16. The smallest absolute Gasteiger partial charge is 0.325 e. The van der Waals surface area contributed by atoms with Crippen molar-refractivity contribution < 1.29 is 14.6 Å². The Hall–Kier alpha value is -2.16. The van der Waals surface area contributed by atoms with Crippen LogP contribution < -0.4 is 15.4 Å². The first-order chi connectivity index (χ1) is 11.0. The highest BCUT2D eigenvalue weighted by Gasteiger charge is 2.07. The maximum Gasteiger partial charge on any atom is 0.325 e. The average Bonchev–Trinajstić information content (AvgIpc) is 2.98. The van der Waals surface area contributed by atoms with Gasteiger partial charge in [-0.1, -0.05) is 0 Å². The van der Waals surface area contributed by atoms with E-state index in [1.807, 2.05) is 19.0 Å². The fourth-order valence-electron chi connectivity index (χ4n) is 1.85. The third-order valence-electron chi connectivity index (χ3n) is 2.78. The largest absolute Gasteiger partial charge is 0.491 e. The van der Waals surface area contributed by atoms with Crippen LogP contribution in [0, 0.1) is 0 Å². The number of benzene rings is 1. The van der Waals surface area contributed by atoms with E-state index in [0.717, 1.165) is 0 Å². The van der Waals surface area contributed by atoms with E-state index in [9.17, 15) is 9.90 Å². The number of carbonyl (C=O) groups is 1. The number of hydrogen-bond donors (Lipinski definition) is 3. The van der Waals surface area contributed by atoms with Gasteiger partial charge in [-0.2, -0.15) is 0 Å². The number of rotatable bonds is 7. The predicted molar refractivity (Wildman–Crippen MR) is 91.3 cm³/mol. The molecule has 0 fully saturated rings. The Morgan fingerprint density at radius 2 is 2.09 bits per heavy atom. The van der Waals surface area contributed by atoms with Gasteiger partial charge in [-0.25, -0.2) is 9.78 Å². The monoisotopic (exact) mass is 336 g/mol. The summed E-state index contributed by atoms with van der Waals surface area (Å²) in [5.41, 5.74) is 0.639. The number of anilines is 2. The summed E-state index contributed by atoms with van der Waals surface area (Å²) in [5, 5.41) is 17.4. The Balaban J connectivity index is 1.78. The summed E-state index contributed by atoms with van der Waals surface area (Å²) in [5.74, 6) is 0.633. The summed E-state index contributed by atoms with van der Waals surface area (Å²) >= 11 is 1.35. The molecule has 2 amide bonds. The van der Waals surface area contributed by atoms with Crippen LogP contribution in [0.3, 0.4) is 0 Å². The van der Waals surface area contributed by atoms with Crippen LogP contribution in [0.1, 0.15) is 0 Å². The zero-order chi connectivity index (χ0) is 16.7. The van der Waals surface area contributed by atoms with Crippen molar-refractivity contribution >= 4 is 28.2 Å². The molecule has 0 spiro atoms. The van der Waals surface area contributed by atoms with Crippen molar-refractivity contribution in [1.29, 1.82) is 0 Å². The molecule has 3 N–H and O–H groups in total. The van der Waals surface area contributed by atoms with Crippen molar-refractivity contribution in [3.8, 4) is 5.75 Å². The van der Waals surface area contributed by atoms with Gasteiger partial charge in [-0.15, -0.1) is 11.3 Å². The molecule has 8 heteroatoms. The van der Waals surface area contributed by atoms with E-state index in [4.69, 9.17) is 4.74 Å². The second kappa shape index (κ2) is 8.47. The van der Waals surface area contributed by atoms with Crippen molar-refractivity contribution in [2.75, 3.05) is 37.9 Å². The van der Waals surface area contributed by atoms with Crippen LogP contribution in [-0.4, -0.2) is 54.4 Å². The highest BCUT2D eigenvalue weighted by atomic mass is 32.1. The molecule has 0 bridgehead atoms. The van der Waals surface area contributed by atoms with Crippen molar-refractivity contribution in [2.45, 2.75) is 6.10 Å². The highest BCUT2D eigenvalue weighted by molar-refractivity contribution is 7.13. The fourth-order valence-corrected chi connectivity index (χ4v) is 2.37. The first kappa shape index (κ1) is 17.2. The molecular formula is C15H20N4O3S. The molecular weight excluding hydrogens is 316 g/mol. The molecule has 1 aromatic carbocycles. The van der Waals surface area contributed by atoms with E-state index in [1.165, 1.54) is 11.3 Å². The molecule has 1 heterocycles. The first-order valence-electron chi connectivity index (χ1n) is 7.06. The van der Waals surface area contributed by atoms with Gasteiger partial charge in [0.05, 0.1) is 0 Å². The molecule has 2 rings (SSSR count). The lowest BCUT2D eigenvalue weighted by atomic mass is 10.3. The number of aromatic nitrogens is 1. The standard InChI is InChI=1S/C15H20N4O3S/c1-19(2)9-12(20)10-22-13-5-3-11(4-6-13)17-14(21)18-15-16-7-8-23-15/h3-8,12,20H,9-10H2,1-2H3,(H2,16,17,18,21)/t12-/m0/s1. The number of ether oxygens (including phenoxy) is 1. The zero-order valence-electron chi connectivity index (χ0n) is 13.0. The molecule has 2 aromatic rings. The Morgan fingerprint density at radius 3 is 2.70 bits per heavy atom. The van der Waals surface area contributed by atoms with E-state index in [0.29, 0.717) is 23.1 Å². The molecule has 0 aliphatic rings. The number of amides is 2. The number of likely N-dealkylation sites (N-methyl/N-ethyl adjacent to an activating group) is 1. The second-order valence-electron chi connectivity index (χ2n) is 5.17. The van der Waals surface area contributed by atoms with Gasteiger partial charge in [-0.3, -0.25) is 5.32 Å². The van der Waals surface area contributed by atoms with E-state index in [1.54, 1.807) is 35.8 Å². The van der Waals surface area contributed by atoms with Gasteiger partial charge < -0.3 is 20.1 Å². The lowest BCUT2D eigenvalue weighted by molar-refractivity contribution is 0.0831. The second-order valence-corrected chi connectivity index (χ2v) is 6.06. The van der Waals surface area contributed by atoms with Gasteiger partial charge in [0.25, 0.3) is 0 Å². The van der Waals surface area contributed by atoms with Gasteiger partial charge >= 0.3 is 6.03 Å². The molecule has 1 atom stereocenters. The van der Waals surface area contributed by atoms with Crippen LogP contribution in [-0.2, 0) is 0 Å². The van der Waals surface area contributed by atoms with Crippen molar-refractivity contribution in [2.24, 2.45) is 0 Å². The van der Waals surface area contributed by atoms with E-state index < -0.39 is 6.10 Å². The molecule has 7 nitrogen and oxygen atoms in total. The topological polar surface area (TPSA) is 86.7 Å². The summed E-state index contributed by atoms with van der Waals surface area (Å²) in [6, 6.07) is 6.59. The fraction of sp³-hybridized carbons (Fsp3) is 0.333. The maximum atomic E-state index is 11.8. The number of thiazole rings is 1. The minimum absolute atomic E-state index is 0.218. The average molecular weight is 336 g/mol. The molecule has 0 aliphatic heterocycles. The number of aliphatic hydroxyl groups excluding tert-OH is 1. The Labute approximate surface area is 138 Å². The van der Waals surface area contributed by atoms with E-state index in [2.05, 4.69) is 15.6 Å². The molecule has 1 aromatic heterocycles. The SMILES string of the molecule is CN(C)C[C@H](O)COc1ccc(NC(=O)Nc2nccs2)cc1. The minimum Gasteiger partial charge on any atom is -0.491 e. The summed E-state index contributed by atoms with van der Waals surface area (Å²) in [4.78, 5) is 17.6. The molecule has 0 radical (unpaired) electrons. The van der Waals surface area contributed by atoms with Crippen molar-refractivity contribution in [3.05, 3.63) is 35.8 Å². The minimum atomic E-state index is -0.549. The van der Waals surface area contributed by atoms with Crippen LogP contribution in [0.2, 0.25) is 0 Å². The molecule has 124 valence electrons. The summed E-state index contributed by atoms with van der Waals surface area (Å²) < 4.78 is 5.50. The third-order valence-corrected chi connectivity index (χ3v) is 3.47. The van der Waals surface area contributed by atoms with Crippen molar-refractivity contribution in [3.63, 3.8) is 0 Å². The normalized spacial score (nSPS) is 12.0. The zero-order valence-corrected chi connectivity index (χ0v) is 13.8. The highest BCUT2D eigenvalue weighted by Crippen LogP contribution is 2.17. The van der Waals surface area contributed by atoms with Crippen LogP contribution in [0.15, 0.2) is 35.8 Å². The van der Waals surface area contributed by atoms with Gasteiger partial charge in [0.2, 0.25) is 0 Å². The van der Waals surface area contributed by atoms with Crippen LogP contribution in [0.5, 0.6) is 5.75 Å². The number of urea groups is 1. The maximum absolute atomic E-state index is 11.8. The molecule has 0 saturated carbocycles. The molecule has 23 heavy (non-hydrogen) atoms. The Bertz CT molecular complexity index is 602. The quantitative estimate of drug-likeness (QED) is 0.721. The number of carbonyl (C=O) groups excluding carboxylic acids is 1. The predicted octanol–water partition coefficient (Wildman–Crippen LogP) is 2.09. The molecule has 0 unspecified atom stereocenters. The van der Waals surface area contributed by atoms with E-state index in [-0.39, 0.29) is 12.6 Å². The third kappa shape index (κ3) is 6.23. The van der Waals surface area contributed by atoms with Crippen molar-refractivity contribution in [1.82, 2.24) is 9.88 Å². The van der Waals surface area contributed by atoms with Crippen LogP contribution >= 0.6 is 11.3 Å². The van der Waals surface area contributed by atoms with Crippen LogP contribution in [0.4, 0.5) is 15.6 Å². The first-order valence-corrected chi connectivity index (χ1v) is 7.94. The van der Waals surface area contributed by atoms with Gasteiger partial charge in [0, 0.05) is 23.8 Å². The van der Waals surface area contributed by atoms with Gasteiger partial charge in [0.1, 0.15) is 18.5 Å². The Morgan fingerprint density at radius 1 is 1.35 bits per heavy atom. The Kier molecular flexibility index (Phi) is 6.33. The lowest BCUT2D eigenvalue weighted by Crippen LogP contribution is -2.30. The number of nitrogens with zero attached hydrogens (tertiary/aromatic N) is 2. The summed E-state index contributed by atoms with van der Waals surface area (Å²) in [6.07, 6.45) is 1.07. The van der Waals surface area contributed by atoms with Gasteiger partial charge in [-0.05, 0) is 38.4 Å². The van der Waals surface area contributed by atoms with Crippen LogP contribution in [0.25, 0.3) is 0 Å².